The maximum absolute atomic E-state index is 13.9. The lowest BCUT2D eigenvalue weighted by Crippen LogP contribution is -2.38. The molecule has 3 aromatic carbocycles. The van der Waals surface area contributed by atoms with Crippen LogP contribution in [0.1, 0.15) is 34.7 Å². The second-order valence-corrected chi connectivity index (χ2v) is 10.9. The Morgan fingerprint density at radius 2 is 2.00 bits per heavy atom. The van der Waals surface area contributed by atoms with Crippen LogP contribution in [-0.2, 0) is 6.42 Å². The molecule has 10 heteroatoms. The Balaban J connectivity index is 1.63. The van der Waals surface area contributed by atoms with Crippen molar-refractivity contribution in [2.75, 3.05) is 7.11 Å². The summed E-state index contributed by atoms with van der Waals surface area (Å²) in [5.74, 6) is 0.188. The number of hydrogen-bond acceptors (Lipinski definition) is 7. The second kappa shape index (κ2) is 9.38. The third kappa shape index (κ3) is 3.97. The number of phenols is 1. The molecule has 1 atom stereocenters. The zero-order chi connectivity index (χ0) is 26.6. The standard InChI is InChI=1S/C28H20BrN3O5S/c1-37-19-7-4-6-16(12-19)25-21-10-9-15-5-2-3-8-20(15)24(21)30-28-31(25)27(34)23(38-28)13-17-11-18(29)14-22(26(17)33)32(35)36/h2-8,11-14,25,33H,9-10H2,1H3/b23-13+/t25-/m1/s1. The van der Waals surface area contributed by atoms with Crippen LogP contribution in [0.2, 0.25) is 0 Å². The molecular formula is C28H20BrN3O5S. The Bertz CT molecular complexity index is 1860. The number of nitro groups is 1. The number of halogens is 1. The van der Waals surface area contributed by atoms with Crippen molar-refractivity contribution in [3.8, 4) is 11.5 Å². The van der Waals surface area contributed by atoms with E-state index in [4.69, 9.17) is 9.73 Å². The number of phenolic OH excluding ortho intramolecular Hbond substituents is 1. The van der Waals surface area contributed by atoms with Crippen molar-refractivity contribution in [2.24, 2.45) is 4.99 Å². The van der Waals surface area contributed by atoms with Crippen molar-refractivity contribution in [1.29, 1.82) is 0 Å². The number of aromatic hydroxyl groups is 1. The summed E-state index contributed by atoms with van der Waals surface area (Å²) >= 11 is 4.45. The molecule has 6 rings (SSSR count). The van der Waals surface area contributed by atoms with Gasteiger partial charge in [-0.05, 0) is 53.8 Å². The van der Waals surface area contributed by atoms with Crippen LogP contribution in [0, 0.1) is 10.1 Å². The van der Waals surface area contributed by atoms with Crippen molar-refractivity contribution in [3.63, 3.8) is 0 Å². The Morgan fingerprint density at radius 3 is 2.79 bits per heavy atom. The van der Waals surface area contributed by atoms with Gasteiger partial charge in [-0.2, -0.15) is 0 Å². The van der Waals surface area contributed by atoms with Gasteiger partial charge in [-0.3, -0.25) is 19.5 Å². The van der Waals surface area contributed by atoms with E-state index in [0.29, 0.717) is 19.6 Å². The molecule has 4 aromatic rings. The van der Waals surface area contributed by atoms with E-state index < -0.39 is 22.4 Å². The summed E-state index contributed by atoms with van der Waals surface area (Å²) in [5, 5.41) is 22.0. The maximum Gasteiger partial charge on any atom is 0.312 e. The first-order valence-corrected chi connectivity index (χ1v) is 13.4. The number of allylic oxidation sites excluding steroid dienone is 1. The molecule has 0 unspecified atom stereocenters. The molecule has 0 bridgehead atoms. The lowest BCUT2D eigenvalue weighted by atomic mass is 9.83. The summed E-state index contributed by atoms with van der Waals surface area (Å²) in [7, 11) is 1.61. The largest absolute Gasteiger partial charge is 0.502 e. The molecule has 0 radical (unpaired) electrons. The highest BCUT2D eigenvalue weighted by Gasteiger charge is 2.32. The van der Waals surface area contributed by atoms with Crippen LogP contribution in [0.5, 0.6) is 11.5 Å². The summed E-state index contributed by atoms with van der Waals surface area (Å²) in [4.78, 5) is 30.1. The fraction of sp³-hybridized carbons (Fsp3) is 0.143. The van der Waals surface area contributed by atoms with Gasteiger partial charge in [0.05, 0.1) is 28.3 Å². The number of ether oxygens (including phenoxy) is 1. The molecular weight excluding hydrogens is 570 g/mol. The summed E-state index contributed by atoms with van der Waals surface area (Å²) in [6.45, 7) is 0. The van der Waals surface area contributed by atoms with Crippen molar-refractivity contribution in [3.05, 3.63) is 123 Å². The van der Waals surface area contributed by atoms with Crippen LogP contribution in [0.3, 0.4) is 0 Å². The molecule has 1 aromatic heterocycles. The molecule has 2 heterocycles. The average Bonchev–Trinajstić information content (AvgIpc) is 3.23. The van der Waals surface area contributed by atoms with Gasteiger partial charge < -0.3 is 9.84 Å². The molecule has 2 aliphatic rings. The number of fused-ring (bicyclic) bond motifs is 3. The van der Waals surface area contributed by atoms with E-state index in [2.05, 4.69) is 28.1 Å². The van der Waals surface area contributed by atoms with Crippen molar-refractivity contribution < 1.29 is 14.8 Å². The molecule has 0 saturated carbocycles. The third-order valence-corrected chi connectivity index (χ3v) is 8.29. The molecule has 1 aliphatic carbocycles. The fourth-order valence-electron chi connectivity index (χ4n) is 5.13. The van der Waals surface area contributed by atoms with E-state index in [9.17, 15) is 20.0 Å². The molecule has 0 saturated heterocycles. The van der Waals surface area contributed by atoms with Gasteiger partial charge >= 0.3 is 5.69 Å². The number of aryl methyl sites for hydroxylation is 1. The summed E-state index contributed by atoms with van der Waals surface area (Å²) in [5.41, 5.74) is 4.53. The van der Waals surface area contributed by atoms with Gasteiger partial charge in [-0.1, -0.05) is 63.7 Å². The number of nitro benzene ring substituents is 1. The molecule has 8 nitrogen and oxygen atoms in total. The van der Waals surface area contributed by atoms with Crippen molar-refractivity contribution in [1.82, 2.24) is 4.57 Å². The van der Waals surface area contributed by atoms with E-state index in [1.807, 2.05) is 36.4 Å². The molecule has 38 heavy (non-hydrogen) atoms. The van der Waals surface area contributed by atoms with E-state index in [1.165, 1.54) is 29.0 Å². The number of methoxy groups -OCH3 is 1. The minimum Gasteiger partial charge on any atom is -0.502 e. The molecule has 0 spiro atoms. The van der Waals surface area contributed by atoms with E-state index >= 15 is 0 Å². The quantitative estimate of drug-likeness (QED) is 0.274. The highest BCUT2D eigenvalue weighted by molar-refractivity contribution is 9.10. The topological polar surface area (TPSA) is 107 Å². The van der Waals surface area contributed by atoms with E-state index in [0.717, 1.165) is 35.2 Å². The minimum absolute atomic E-state index is 0.170. The Labute approximate surface area is 228 Å². The summed E-state index contributed by atoms with van der Waals surface area (Å²) < 4.78 is 7.89. The number of nitrogens with zero attached hydrogens (tertiary/aromatic N) is 3. The second-order valence-electron chi connectivity index (χ2n) is 9.01. The van der Waals surface area contributed by atoms with Crippen LogP contribution >= 0.6 is 27.3 Å². The molecule has 1 aliphatic heterocycles. The van der Waals surface area contributed by atoms with Crippen LogP contribution < -0.4 is 19.6 Å². The van der Waals surface area contributed by atoms with Gasteiger partial charge in [0.1, 0.15) is 5.75 Å². The fourth-order valence-corrected chi connectivity index (χ4v) is 6.59. The minimum atomic E-state index is -0.659. The number of aromatic nitrogens is 1. The van der Waals surface area contributed by atoms with Crippen molar-refractivity contribution >= 4 is 44.7 Å². The first kappa shape index (κ1) is 24.3. The Kier molecular flexibility index (Phi) is 6.00. The molecule has 0 amide bonds. The first-order chi connectivity index (χ1) is 18.4. The SMILES string of the molecule is COc1cccc([C@@H]2C3=C(N=c4s/c(=C/c5cc(Br)cc([N+](=O)[O-])c5O)c(=O)n42)c2ccccc2CC3)c1. The predicted octanol–water partition coefficient (Wildman–Crippen LogP) is 4.70. The number of benzene rings is 3. The normalized spacial score (nSPS) is 16.4. The van der Waals surface area contributed by atoms with Gasteiger partial charge in [0.15, 0.2) is 4.80 Å². The lowest BCUT2D eigenvalue weighted by Gasteiger charge is -2.31. The third-order valence-electron chi connectivity index (χ3n) is 6.85. The highest BCUT2D eigenvalue weighted by Crippen LogP contribution is 2.41. The zero-order valence-electron chi connectivity index (χ0n) is 20.1. The highest BCUT2D eigenvalue weighted by atomic mass is 79.9. The molecule has 0 fully saturated rings. The van der Waals surface area contributed by atoms with Crippen LogP contribution in [0.25, 0.3) is 11.8 Å². The smallest absolute Gasteiger partial charge is 0.312 e. The van der Waals surface area contributed by atoms with Gasteiger partial charge in [0, 0.05) is 21.7 Å². The van der Waals surface area contributed by atoms with Crippen LogP contribution in [0.15, 0.2) is 80.5 Å². The maximum atomic E-state index is 13.9. The number of rotatable bonds is 4. The van der Waals surface area contributed by atoms with Gasteiger partial charge in [-0.15, -0.1) is 0 Å². The lowest BCUT2D eigenvalue weighted by molar-refractivity contribution is -0.385. The first-order valence-electron chi connectivity index (χ1n) is 11.8. The van der Waals surface area contributed by atoms with Crippen LogP contribution in [0.4, 0.5) is 5.69 Å². The molecule has 1 N–H and O–H groups in total. The summed E-state index contributed by atoms with van der Waals surface area (Å²) in [6.07, 6.45) is 3.07. The van der Waals surface area contributed by atoms with Gasteiger partial charge in [0.2, 0.25) is 5.75 Å². The van der Waals surface area contributed by atoms with Gasteiger partial charge in [-0.25, -0.2) is 4.99 Å². The van der Waals surface area contributed by atoms with E-state index in [-0.39, 0.29) is 11.1 Å². The van der Waals surface area contributed by atoms with E-state index in [1.54, 1.807) is 17.7 Å². The molecule has 190 valence electrons. The van der Waals surface area contributed by atoms with Gasteiger partial charge in [0.25, 0.3) is 5.56 Å². The average molecular weight is 590 g/mol. The predicted molar refractivity (Wildman–Crippen MR) is 148 cm³/mol. The Hall–Kier alpha value is -4.02. The monoisotopic (exact) mass is 589 g/mol. The number of thiazole rings is 1. The zero-order valence-corrected chi connectivity index (χ0v) is 22.5. The summed E-state index contributed by atoms with van der Waals surface area (Å²) in [6, 6.07) is 18.2. The number of hydrogen-bond donors (Lipinski definition) is 1. The van der Waals surface area contributed by atoms with Crippen molar-refractivity contribution in [2.45, 2.75) is 18.9 Å². The Morgan fingerprint density at radius 1 is 1.18 bits per heavy atom. The van der Waals surface area contributed by atoms with Crippen LogP contribution in [-0.4, -0.2) is 21.7 Å².